The number of nitrogens with zero attached hydrogens (tertiary/aromatic N) is 2. The quantitative estimate of drug-likeness (QED) is 0.429. The summed E-state index contributed by atoms with van der Waals surface area (Å²) in [5.41, 5.74) is 4.64. The number of nitrogens with one attached hydrogen (secondary N) is 1. The predicted molar refractivity (Wildman–Crippen MR) is 120 cm³/mol. The number of anilines is 1. The maximum absolute atomic E-state index is 13.1. The van der Waals surface area contributed by atoms with Crippen LogP contribution in [-0.2, 0) is 6.54 Å². The van der Waals surface area contributed by atoms with Crippen LogP contribution < -0.4 is 10.9 Å². The van der Waals surface area contributed by atoms with Gasteiger partial charge < -0.3 is 10.4 Å². The Hall–Kier alpha value is -4.12. The van der Waals surface area contributed by atoms with Crippen molar-refractivity contribution in [2.24, 2.45) is 0 Å². The number of aromatic nitrogens is 2. The molecule has 0 saturated heterocycles. The number of fused-ring (bicyclic) bond motifs is 2. The smallest absolute Gasteiger partial charge is 0.265 e. The number of hydrogen-bond donors (Lipinski definition) is 2. The Morgan fingerprint density at radius 2 is 1.63 bits per heavy atom. The van der Waals surface area contributed by atoms with Crippen molar-refractivity contribution in [3.63, 3.8) is 0 Å². The van der Waals surface area contributed by atoms with E-state index in [-0.39, 0.29) is 11.3 Å². The summed E-state index contributed by atoms with van der Waals surface area (Å²) in [7, 11) is 0. The maximum Gasteiger partial charge on any atom is 0.265 e. The standard InChI is InChI=1S/C25H19N3O2/c29-23-13-7-4-10-18(23)15-26-22-14-24-27-21-12-6-5-11-19(21)25(30)28(24)16-20(22)17-8-2-1-3-9-17/h1-14,16,26,29H,15H2. The van der Waals surface area contributed by atoms with Gasteiger partial charge in [-0.2, -0.15) is 0 Å². The highest BCUT2D eigenvalue weighted by Gasteiger charge is 2.12. The zero-order chi connectivity index (χ0) is 20.5. The van der Waals surface area contributed by atoms with E-state index in [1.807, 2.05) is 72.9 Å². The molecule has 0 radical (unpaired) electrons. The Morgan fingerprint density at radius 1 is 0.900 bits per heavy atom. The van der Waals surface area contributed by atoms with Crippen LogP contribution in [0, 0.1) is 0 Å². The third-order valence-electron chi connectivity index (χ3n) is 5.20. The van der Waals surface area contributed by atoms with E-state index in [1.165, 1.54) is 0 Å². The molecule has 5 aromatic rings. The van der Waals surface area contributed by atoms with Crippen molar-refractivity contribution < 1.29 is 5.11 Å². The van der Waals surface area contributed by atoms with Crippen molar-refractivity contribution in [2.45, 2.75) is 6.54 Å². The van der Waals surface area contributed by atoms with Crippen molar-refractivity contribution in [3.8, 4) is 16.9 Å². The first kappa shape index (κ1) is 17.9. The van der Waals surface area contributed by atoms with Gasteiger partial charge in [-0.25, -0.2) is 4.98 Å². The molecule has 146 valence electrons. The number of phenols is 1. The molecule has 3 aromatic carbocycles. The number of hydrogen-bond acceptors (Lipinski definition) is 4. The Labute approximate surface area is 172 Å². The average molecular weight is 393 g/mol. The van der Waals surface area contributed by atoms with Gasteiger partial charge in [0.05, 0.1) is 10.9 Å². The van der Waals surface area contributed by atoms with E-state index in [9.17, 15) is 9.90 Å². The van der Waals surface area contributed by atoms with Crippen LogP contribution in [0.3, 0.4) is 0 Å². The molecule has 2 aromatic heterocycles. The van der Waals surface area contributed by atoms with E-state index in [0.717, 1.165) is 22.4 Å². The van der Waals surface area contributed by atoms with E-state index in [4.69, 9.17) is 0 Å². The van der Waals surface area contributed by atoms with Gasteiger partial charge in [0.1, 0.15) is 11.4 Å². The zero-order valence-corrected chi connectivity index (χ0v) is 16.1. The van der Waals surface area contributed by atoms with E-state index >= 15 is 0 Å². The highest BCUT2D eigenvalue weighted by atomic mass is 16.3. The summed E-state index contributed by atoms with van der Waals surface area (Å²) in [6, 6.07) is 26.4. The fourth-order valence-corrected chi connectivity index (χ4v) is 3.64. The number of pyridine rings is 1. The van der Waals surface area contributed by atoms with Crippen LogP contribution in [0.1, 0.15) is 5.56 Å². The molecular weight excluding hydrogens is 374 g/mol. The van der Waals surface area contributed by atoms with Crippen molar-refractivity contribution in [2.75, 3.05) is 5.32 Å². The molecule has 5 nitrogen and oxygen atoms in total. The predicted octanol–water partition coefficient (Wildman–Crippen LogP) is 4.83. The lowest BCUT2D eigenvalue weighted by Crippen LogP contribution is -2.16. The molecular formula is C25H19N3O2. The Kier molecular flexibility index (Phi) is 4.41. The maximum atomic E-state index is 13.1. The molecule has 0 unspecified atom stereocenters. The monoisotopic (exact) mass is 393 g/mol. The molecule has 2 N–H and O–H groups in total. The second-order valence-corrected chi connectivity index (χ2v) is 7.11. The number of rotatable bonds is 4. The third kappa shape index (κ3) is 3.16. The minimum Gasteiger partial charge on any atom is -0.508 e. The van der Waals surface area contributed by atoms with Crippen LogP contribution in [-0.4, -0.2) is 14.5 Å². The second kappa shape index (κ2) is 7.37. The van der Waals surface area contributed by atoms with Crippen LogP contribution in [0.4, 0.5) is 5.69 Å². The average Bonchev–Trinajstić information content (AvgIpc) is 2.79. The van der Waals surface area contributed by atoms with Crippen LogP contribution in [0.2, 0.25) is 0 Å². The fraction of sp³-hybridized carbons (Fsp3) is 0.0400. The number of phenolic OH excluding ortho intramolecular Hbond substituents is 1. The SMILES string of the molecule is O=c1c2ccccc2nc2cc(NCc3ccccc3O)c(-c3ccccc3)cn12. The fourth-order valence-electron chi connectivity index (χ4n) is 3.64. The topological polar surface area (TPSA) is 66.6 Å². The van der Waals surface area contributed by atoms with Gasteiger partial charge in [0.25, 0.3) is 5.56 Å². The molecule has 0 spiro atoms. The molecule has 0 saturated carbocycles. The Morgan fingerprint density at radius 3 is 2.47 bits per heavy atom. The normalized spacial score (nSPS) is 11.1. The van der Waals surface area contributed by atoms with E-state index in [0.29, 0.717) is 23.1 Å². The minimum atomic E-state index is -0.0972. The van der Waals surface area contributed by atoms with Gasteiger partial charge in [0.2, 0.25) is 0 Å². The lowest BCUT2D eigenvalue weighted by atomic mass is 10.1. The molecule has 30 heavy (non-hydrogen) atoms. The van der Waals surface area contributed by atoms with Crippen LogP contribution >= 0.6 is 0 Å². The first-order chi connectivity index (χ1) is 14.7. The second-order valence-electron chi connectivity index (χ2n) is 7.11. The lowest BCUT2D eigenvalue weighted by molar-refractivity contribution is 0.469. The lowest BCUT2D eigenvalue weighted by Gasteiger charge is -2.15. The molecule has 0 amide bonds. The van der Waals surface area contributed by atoms with Gasteiger partial charge >= 0.3 is 0 Å². The van der Waals surface area contributed by atoms with Crippen molar-refractivity contribution >= 4 is 22.2 Å². The van der Waals surface area contributed by atoms with Gasteiger partial charge in [-0.05, 0) is 23.8 Å². The van der Waals surface area contributed by atoms with E-state index in [1.54, 1.807) is 22.6 Å². The first-order valence-corrected chi connectivity index (χ1v) is 9.72. The summed E-state index contributed by atoms with van der Waals surface area (Å²) in [4.78, 5) is 17.8. The molecule has 0 atom stereocenters. The molecule has 0 bridgehead atoms. The van der Waals surface area contributed by atoms with E-state index < -0.39 is 0 Å². The first-order valence-electron chi connectivity index (χ1n) is 9.72. The van der Waals surface area contributed by atoms with E-state index in [2.05, 4.69) is 10.3 Å². The van der Waals surface area contributed by atoms with Gasteiger partial charge in [-0.1, -0.05) is 60.7 Å². The summed E-state index contributed by atoms with van der Waals surface area (Å²) in [6.07, 6.45) is 1.83. The number of para-hydroxylation sites is 2. The molecule has 5 heteroatoms. The van der Waals surface area contributed by atoms with Crippen molar-refractivity contribution in [1.82, 2.24) is 9.38 Å². The Balaban J connectivity index is 1.70. The summed E-state index contributed by atoms with van der Waals surface area (Å²) < 4.78 is 1.59. The van der Waals surface area contributed by atoms with Crippen molar-refractivity contribution in [1.29, 1.82) is 0 Å². The summed E-state index contributed by atoms with van der Waals surface area (Å²) in [6.45, 7) is 0.445. The number of aromatic hydroxyl groups is 1. The summed E-state index contributed by atoms with van der Waals surface area (Å²) in [5.74, 6) is 0.243. The molecule has 0 aliphatic rings. The van der Waals surface area contributed by atoms with Gasteiger partial charge in [0.15, 0.2) is 0 Å². The zero-order valence-electron chi connectivity index (χ0n) is 16.1. The van der Waals surface area contributed by atoms with Crippen molar-refractivity contribution in [3.05, 3.63) is 107 Å². The molecule has 0 aliphatic carbocycles. The largest absolute Gasteiger partial charge is 0.508 e. The van der Waals surface area contributed by atoms with Crippen LogP contribution in [0.5, 0.6) is 5.75 Å². The minimum absolute atomic E-state index is 0.0972. The summed E-state index contributed by atoms with van der Waals surface area (Å²) >= 11 is 0. The van der Waals surface area contributed by atoms with Gasteiger partial charge in [0, 0.05) is 35.6 Å². The third-order valence-corrected chi connectivity index (χ3v) is 5.20. The van der Waals surface area contributed by atoms with Crippen LogP contribution in [0.15, 0.2) is 95.9 Å². The van der Waals surface area contributed by atoms with Gasteiger partial charge in [-0.15, -0.1) is 0 Å². The molecule has 5 rings (SSSR count). The molecule has 2 heterocycles. The molecule has 0 fully saturated rings. The number of benzene rings is 3. The highest BCUT2D eigenvalue weighted by molar-refractivity contribution is 5.84. The summed E-state index contributed by atoms with van der Waals surface area (Å²) in [5, 5.41) is 14.1. The van der Waals surface area contributed by atoms with Crippen LogP contribution in [0.25, 0.3) is 27.7 Å². The van der Waals surface area contributed by atoms with Gasteiger partial charge in [-0.3, -0.25) is 9.20 Å². The highest BCUT2D eigenvalue weighted by Crippen LogP contribution is 2.30. The Bertz CT molecular complexity index is 1430. The molecule has 0 aliphatic heterocycles.